The van der Waals surface area contributed by atoms with E-state index >= 15 is 0 Å². The fourth-order valence-electron chi connectivity index (χ4n) is 2.78. The second-order valence-electron chi connectivity index (χ2n) is 6.54. The Morgan fingerprint density at radius 1 is 1.21 bits per heavy atom. The number of amides is 2. The quantitative estimate of drug-likeness (QED) is 0.378. The lowest BCUT2D eigenvalue weighted by Crippen LogP contribution is -2.36. The van der Waals surface area contributed by atoms with Crippen LogP contribution < -0.4 is 4.74 Å². The highest BCUT2D eigenvalue weighted by Crippen LogP contribution is 2.38. The summed E-state index contributed by atoms with van der Waals surface area (Å²) in [6.45, 7) is 4.01. The molecular formula is C21H18Br2FNO3S. The lowest BCUT2D eigenvalue weighted by Gasteiger charge is -2.19. The second-order valence-corrected chi connectivity index (χ2v) is 9.24. The van der Waals surface area contributed by atoms with E-state index in [0.29, 0.717) is 31.6 Å². The van der Waals surface area contributed by atoms with E-state index in [1.54, 1.807) is 18.2 Å². The van der Waals surface area contributed by atoms with Gasteiger partial charge in [-0.2, -0.15) is 0 Å². The number of carbonyl (C=O) groups excluding carboxylic acids is 2. The Labute approximate surface area is 189 Å². The Hall–Kier alpha value is -1.64. The molecule has 0 unspecified atom stereocenters. The monoisotopic (exact) mass is 541 g/mol. The fourth-order valence-corrected chi connectivity index (χ4v) is 5.16. The third-order valence-electron chi connectivity index (χ3n) is 4.45. The highest BCUT2D eigenvalue weighted by molar-refractivity contribution is 9.11. The van der Waals surface area contributed by atoms with Gasteiger partial charge < -0.3 is 4.74 Å². The van der Waals surface area contributed by atoms with Crippen LogP contribution in [-0.2, 0) is 11.4 Å². The zero-order chi connectivity index (χ0) is 21.1. The summed E-state index contributed by atoms with van der Waals surface area (Å²) < 4.78 is 20.5. The smallest absolute Gasteiger partial charge is 0.293 e. The molecule has 152 valence electrons. The van der Waals surface area contributed by atoms with E-state index in [4.69, 9.17) is 4.74 Å². The Bertz CT molecular complexity index is 973. The van der Waals surface area contributed by atoms with Gasteiger partial charge in [-0.15, -0.1) is 0 Å². The number of hydrogen-bond donors (Lipinski definition) is 0. The molecule has 4 nitrogen and oxygen atoms in total. The van der Waals surface area contributed by atoms with E-state index in [-0.39, 0.29) is 29.6 Å². The van der Waals surface area contributed by atoms with Crippen LogP contribution in [0.15, 0.2) is 50.2 Å². The van der Waals surface area contributed by atoms with Crippen LogP contribution in [0.2, 0.25) is 0 Å². The lowest BCUT2D eigenvalue weighted by atomic mass is 10.2. The first-order valence-electron chi connectivity index (χ1n) is 8.93. The average Bonchev–Trinajstić information content (AvgIpc) is 2.94. The summed E-state index contributed by atoms with van der Waals surface area (Å²) in [7, 11) is 0. The highest BCUT2D eigenvalue weighted by Gasteiger charge is 2.37. The number of thioether (sulfide) groups is 1. The van der Waals surface area contributed by atoms with Crippen molar-refractivity contribution >= 4 is 60.8 Å². The summed E-state index contributed by atoms with van der Waals surface area (Å²) in [6.07, 6.45) is 2.40. The standard InChI is InChI=1S/C21H18Br2FNO3S/c1-3-12(2)25-20(26)18(29-21(25)27)10-14-8-16(22)19(17(23)9-14)28-11-13-5-4-6-15(24)7-13/h4-10,12H,3,11H2,1-2H3/b18-10+/t12-/m1/s1. The van der Waals surface area contributed by atoms with Gasteiger partial charge in [0.2, 0.25) is 0 Å². The van der Waals surface area contributed by atoms with Gasteiger partial charge in [-0.1, -0.05) is 19.1 Å². The third kappa shape index (κ3) is 5.10. The van der Waals surface area contributed by atoms with Gasteiger partial charge in [0.15, 0.2) is 0 Å². The fraction of sp³-hybridized carbons (Fsp3) is 0.238. The maximum absolute atomic E-state index is 13.3. The van der Waals surface area contributed by atoms with Crippen molar-refractivity contribution in [3.63, 3.8) is 0 Å². The van der Waals surface area contributed by atoms with E-state index in [2.05, 4.69) is 31.9 Å². The molecule has 1 heterocycles. The summed E-state index contributed by atoms with van der Waals surface area (Å²) in [4.78, 5) is 26.5. The van der Waals surface area contributed by atoms with Gasteiger partial charge in [-0.05, 0) is 98.4 Å². The average molecular weight is 543 g/mol. The van der Waals surface area contributed by atoms with Crippen LogP contribution in [-0.4, -0.2) is 22.1 Å². The van der Waals surface area contributed by atoms with Gasteiger partial charge in [0.1, 0.15) is 18.2 Å². The molecule has 0 bridgehead atoms. The predicted octanol–water partition coefficient (Wildman–Crippen LogP) is 6.76. The van der Waals surface area contributed by atoms with E-state index in [1.807, 2.05) is 26.0 Å². The molecule has 0 N–H and O–H groups in total. The van der Waals surface area contributed by atoms with E-state index < -0.39 is 0 Å². The largest absolute Gasteiger partial charge is 0.487 e. The molecule has 3 rings (SSSR count). The normalized spacial score (nSPS) is 16.6. The Balaban J connectivity index is 1.79. The van der Waals surface area contributed by atoms with Crippen molar-refractivity contribution in [2.45, 2.75) is 32.9 Å². The van der Waals surface area contributed by atoms with Crippen LogP contribution in [0.5, 0.6) is 5.75 Å². The van der Waals surface area contributed by atoms with Crippen LogP contribution >= 0.6 is 43.6 Å². The second kappa shape index (κ2) is 9.45. The van der Waals surface area contributed by atoms with Crippen LogP contribution in [0, 0.1) is 5.82 Å². The molecule has 0 spiro atoms. The van der Waals surface area contributed by atoms with Gasteiger partial charge in [-0.25, -0.2) is 4.39 Å². The highest BCUT2D eigenvalue weighted by atomic mass is 79.9. The lowest BCUT2D eigenvalue weighted by molar-refractivity contribution is -0.124. The predicted molar refractivity (Wildman–Crippen MR) is 120 cm³/mol. The maximum Gasteiger partial charge on any atom is 0.293 e. The summed E-state index contributed by atoms with van der Waals surface area (Å²) in [5.41, 5.74) is 1.46. The molecular weight excluding hydrogens is 525 g/mol. The minimum atomic E-state index is -0.314. The molecule has 1 aliphatic rings. The van der Waals surface area contributed by atoms with Crippen LogP contribution in [0.3, 0.4) is 0 Å². The number of nitrogens with zero attached hydrogens (tertiary/aromatic N) is 1. The summed E-state index contributed by atoms with van der Waals surface area (Å²) in [5.74, 6) is -0.0157. The number of ether oxygens (including phenoxy) is 1. The zero-order valence-electron chi connectivity index (χ0n) is 15.7. The SMILES string of the molecule is CC[C@@H](C)N1C(=O)S/C(=C/c2cc(Br)c(OCc3cccc(F)c3)c(Br)c2)C1=O. The van der Waals surface area contributed by atoms with Crippen molar-refractivity contribution in [2.24, 2.45) is 0 Å². The Morgan fingerprint density at radius 3 is 2.52 bits per heavy atom. The minimum absolute atomic E-state index is 0.134. The number of carbonyl (C=O) groups is 2. The molecule has 1 aliphatic heterocycles. The third-order valence-corrected chi connectivity index (χ3v) is 6.51. The summed E-state index contributed by atoms with van der Waals surface area (Å²) in [6, 6.07) is 9.70. The number of rotatable bonds is 6. The van der Waals surface area contributed by atoms with E-state index in [1.165, 1.54) is 17.0 Å². The molecule has 0 aliphatic carbocycles. The van der Waals surface area contributed by atoms with E-state index in [0.717, 1.165) is 17.3 Å². The van der Waals surface area contributed by atoms with Crippen LogP contribution in [0.1, 0.15) is 31.4 Å². The Morgan fingerprint density at radius 2 is 1.90 bits per heavy atom. The van der Waals surface area contributed by atoms with Crippen molar-refractivity contribution in [2.75, 3.05) is 0 Å². The maximum atomic E-state index is 13.3. The van der Waals surface area contributed by atoms with E-state index in [9.17, 15) is 14.0 Å². The van der Waals surface area contributed by atoms with Gasteiger partial charge in [0.05, 0.1) is 13.9 Å². The van der Waals surface area contributed by atoms with Crippen LogP contribution in [0.4, 0.5) is 9.18 Å². The molecule has 8 heteroatoms. The van der Waals surface area contributed by atoms with Gasteiger partial charge >= 0.3 is 0 Å². The molecule has 29 heavy (non-hydrogen) atoms. The first kappa shape index (κ1) is 22.1. The van der Waals surface area contributed by atoms with Crippen molar-refractivity contribution in [1.82, 2.24) is 4.90 Å². The van der Waals surface area contributed by atoms with Crippen LogP contribution in [0.25, 0.3) is 6.08 Å². The number of hydrogen-bond acceptors (Lipinski definition) is 4. The molecule has 1 fully saturated rings. The molecule has 2 amide bonds. The Kier molecular flexibility index (Phi) is 7.19. The van der Waals surface area contributed by atoms with Crippen molar-refractivity contribution in [3.8, 4) is 5.75 Å². The molecule has 1 atom stereocenters. The number of imide groups is 1. The molecule has 1 saturated heterocycles. The summed E-state index contributed by atoms with van der Waals surface area (Å²) >= 11 is 7.91. The molecule has 0 saturated carbocycles. The van der Waals surface area contributed by atoms with Gasteiger partial charge in [-0.3, -0.25) is 14.5 Å². The molecule has 0 radical (unpaired) electrons. The number of benzene rings is 2. The van der Waals surface area contributed by atoms with Gasteiger partial charge in [0.25, 0.3) is 11.1 Å². The first-order chi connectivity index (χ1) is 13.8. The van der Waals surface area contributed by atoms with Crippen molar-refractivity contribution in [3.05, 3.63) is 67.2 Å². The van der Waals surface area contributed by atoms with Crippen molar-refractivity contribution in [1.29, 1.82) is 0 Å². The first-order valence-corrected chi connectivity index (χ1v) is 11.3. The molecule has 2 aromatic rings. The minimum Gasteiger partial charge on any atom is -0.487 e. The molecule has 0 aromatic heterocycles. The van der Waals surface area contributed by atoms with Crippen molar-refractivity contribution < 1.29 is 18.7 Å². The zero-order valence-corrected chi connectivity index (χ0v) is 19.7. The molecule has 2 aromatic carbocycles. The summed E-state index contributed by atoms with van der Waals surface area (Å²) in [5, 5.41) is -0.247. The van der Waals surface area contributed by atoms with Gasteiger partial charge in [0, 0.05) is 6.04 Å². The number of halogens is 3. The topological polar surface area (TPSA) is 46.6 Å².